The second-order valence-electron chi connectivity index (χ2n) is 5.07. The molecule has 94 valence electrons. The van der Waals surface area contributed by atoms with E-state index in [1.807, 2.05) is 12.3 Å². The van der Waals surface area contributed by atoms with Crippen LogP contribution in [0.4, 0.5) is 0 Å². The number of hydrogen-bond donors (Lipinski definition) is 1. The Balaban J connectivity index is 2.05. The van der Waals surface area contributed by atoms with Gasteiger partial charge in [0.1, 0.15) is 0 Å². The van der Waals surface area contributed by atoms with Crippen LogP contribution in [0.5, 0.6) is 0 Å². The van der Waals surface area contributed by atoms with E-state index in [1.165, 1.54) is 11.3 Å². The summed E-state index contributed by atoms with van der Waals surface area (Å²) < 4.78 is 0. The zero-order chi connectivity index (χ0) is 12.3. The Morgan fingerprint density at radius 3 is 3.06 bits per heavy atom. The summed E-state index contributed by atoms with van der Waals surface area (Å²) in [6.07, 6.45) is 5.17. The van der Waals surface area contributed by atoms with Crippen molar-refractivity contribution in [2.45, 2.75) is 51.7 Å². The molecule has 1 saturated heterocycles. The molecule has 3 heteroatoms. The third-order valence-corrected chi connectivity index (χ3v) is 3.77. The van der Waals surface area contributed by atoms with Gasteiger partial charge in [-0.25, -0.2) is 0 Å². The zero-order valence-electron chi connectivity index (χ0n) is 10.9. The Bertz CT molecular complexity index is 364. The highest BCUT2D eigenvalue weighted by Gasteiger charge is 2.23. The predicted octanol–water partition coefficient (Wildman–Crippen LogP) is 1.96. The maximum atomic E-state index is 5.99. The van der Waals surface area contributed by atoms with Crippen LogP contribution in [0.3, 0.4) is 0 Å². The predicted molar refractivity (Wildman–Crippen MR) is 70.7 cm³/mol. The Morgan fingerprint density at radius 2 is 2.35 bits per heavy atom. The largest absolute Gasteiger partial charge is 0.328 e. The molecule has 1 aliphatic heterocycles. The smallest absolute Gasteiger partial charge is 0.0575 e. The highest BCUT2D eigenvalue weighted by Crippen LogP contribution is 2.19. The van der Waals surface area contributed by atoms with Crippen molar-refractivity contribution in [2.24, 2.45) is 5.73 Å². The molecule has 2 heterocycles. The quantitative estimate of drug-likeness (QED) is 0.867. The maximum absolute atomic E-state index is 5.99. The molecular formula is C14H23N3. The molecule has 0 amide bonds. The number of aryl methyl sites for hydroxylation is 1. The molecule has 0 aliphatic carbocycles. The Kier molecular flexibility index (Phi) is 4.13. The maximum Gasteiger partial charge on any atom is 0.0575 e. The summed E-state index contributed by atoms with van der Waals surface area (Å²) >= 11 is 0. The lowest BCUT2D eigenvalue weighted by atomic mass is 9.98. The van der Waals surface area contributed by atoms with Gasteiger partial charge in [0.2, 0.25) is 0 Å². The molecule has 0 radical (unpaired) electrons. The van der Waals surface area contributed by atoms with Crippen molar-refractivity contribution in [3.05, 3.63) is 29.6 Å². The number of nitrogens with two attached hydrogens (primary N) is 1. The zero-order valence-corrected chi connectivity index (χ0v) is 10.9. The summed E-state index contributed by atoms with van der Waals surface area (Å²) in [7, 11) is 0. The van der Waals surface area contributed by atoms with Crippen molar-refractivity contribution in [1.29, 1.82) is 0 Å². The van der Waals surface area contributed by atoms with Gasteiger partial charge in [-0.3, -0.25) is 9.88 Å². The minimum absolute atomic E-state index is 0.385. The molecule has 17 heavy (non-hydrogen) atoms. The van der Waals surface area contributed by atoms with Gasteiger partial charge in [-0.2, -0.15) is 0 Å². The summed E-state index contributed by atoms with van der Waals surface area (Å²) in [6, 6.07) is 5.17. The van der Waals surface area contributed by atoms with Crippen LogP contribution in [0.15, 0.2) is 18.3 Å². The van der Waals surface area contributed by atoms with Crippen LogP contribution in [-0.2, 0) is 13.0 Å². The monoisotopic (exact) mass is 233 g/mol. The van der Waals surface area contributed by atoms with E-state index in [0.29, 0.717) is 12.1 Å². The van der Waals surface area contributed by atoms with E-state index < -0.39 is 0 Å². The number of rotatable bonds is 3. The number of pyridine rings is 1. The fraction of sp³-hybridized carbons (Fsp3) is 0.643. The highest BCUT2D eigenvalue weighted by atomic mass is 15.2. The van der Waals surface area contributed by atoms with Crippen LogP contribution in [0.25, 0.3) is 0 Å². The minimum atomic E-state index is 0.385. The highest BCUT2D eigenvalue weighted by molar-refractivity contribution is 5.19. The first-order chi connectivity index (χ1) is 8.20. The molecule has 0 saturated carbocycles. The van der Waals surface area contributed by atoms with Gasteiger partial charge in [-0.15, -0.1) is 0 Å². The Morgan fingerprint density at radius 1 is 1.53 bits per heavy atom. The molecule has 0 bridgehead atoms. The van der Waals surface area contributed by atoms with Crippen molar-refractivity contribution in [3.63, 3.8) is 0 Å². The van der Waals surface area contributed by atoms with E-state index >= 15 is 0 Å². The lowest BCUT2D eigenvalue weighted by molar-refractivity contribution is 0.138. The molecule has 2 unspecified atom stereocenters. The van der Waals surface area contributed by atoms with E-state index in [2.05, 4.69) is 29.8 Å². The first-order valence-electron chi connectivity index (χ1n) is 6.63. The number of hydrogen-bond acceptors (Lipinski definition) is 3. The first kappa shape index (κ1) is 12.5. The van der Waals surface area contributed by atoms with Gasteiger partial charge >= 0.3 is 0 Å². The molecule has 2 atom stereocenters. The van der Waals surface area contributed by atoms with Crippen molar-refractivity contribution in [2.75, 3.05) is 6.54 Å². The van der Waals surface area contributed by atoms with Gasteiger partial charge < -0.3 is 5.73 Å². The van der Waals surface area contributed by atoms with Crippen molar-refractivity contribution in [3.8, 4) is 0 Å². The third kappa shape index (κ3) is 3.05. The molecule has 2 N–H and O–H groups in total. The molecule has 1 aliphatic rings. The van der Waals surface area contributed by atoms with Gasteiger partial charge in [-0.1, -0.05) is 13.0 Å². The van der Waals surface area contributed by atoms with Crippen LogP contribution in [0.1, 0.15) is 37.9 Å². The second-order valence-corrected chi connectivity index (χ2v) is 5.07. The topological polar surface area (TPSA) is 42.2 Å². The van der Waals surface area contributed by atoms with E-state index in [9.17, 15) is 0 Å². The Hall–Kier alpha value is -0.930. The Labute approximate surface area is 104 Å². The van der Waals surface area contributed by atoms with Gasteiger partial charge in [0, 0.05) is 31.4 Å². The standard InChI is InChI=1S/C14H23N3/c1-3-12-5-4-7-16-14(12)10-17-8-6-13(15)9-11(17)2/h4-5,7,11,13H,3,6,8-10,15H2,1-2H3. The molecule has 0 spiro atoms. The molecular weight excluding hydrogens is 210 g/mol. The number of piperidine rings is 1. The van der Waals surface area contributed by atoms with Crippen LogP contribution >= 0.6 is 0 Å². The van der Waals surface area contributed by atoms with Crippen LogP contribution in [-0.4, -0.2) is 28.5 Å². The number of aromatic nitrogens is 1. The molecule has 0 aromatic carbocycles. The summed E-state index contributed by atoms with van der Waals surface area (Å²) in [5.74, 6) is 0. The van der Waals surface area contributed by atoms with Gasteiger partial charge in [0.25, 0.3) is 0 Å². The lowest BCUT2D eigenvalue weighted by Crippen LogP contribution is -2.45. The van der Waals surface area contributed by atoms with Crippen LogP contribution in [0, 0.1) is 0 Å². The van der Waals surface area contributed by atoms with E-state index in [4.69, 9.17) is 5.73 Å². The fourth-order valence-corrected chi connectivity index (χ4v) is 2.62. The molecule has 2 rings (SSSR count). The van der Waals surface area contributed by atoms with E-state index in [0.717, 1.165) is 32.4 Å². The summed E-state index contributed by atoms with van der Waals surface area (Å²) in [4.78, 5) is 7.03. The molecule has 1 aromatic heterocycles. The lowest BCUT2D eigenvalue weighted by Gasteiger charge is -2.36. The average Bonchev–Trinajstić information content (AvgIpc) is 2.33. The second kappa shape index (κ2) is 5.61. The van der Waals surface area contributed by atoms with Crippen LogP contribution in [0.2, 0.25) is 0 Å². The first-order valence-corrected chi connectivity index (χ1v) is 6.63. The van der Waals surface area contributed by atoms with Crippen molar-refractivity contribution < 1.29 is 0 Å². The van der Waals surface area contributed by atoms with E-state index in [1.54, 1.807) is 0 Å². The van der Waals surface area contributed by atoms with Gasteiger partial charge in [-0.05, 0) is 37.8 Å². The van der Waals surface area contributed by atoms with E-state index in [-0.39, 0.29) is 0 Å². The van der Waals surface area contributed by atoms with Gasteiger partial charge in [0.15, 0.2) is 0 Å². The molecule has 1 fully saturated rings. The third-order valence-electron chi connectivity index (χ3n) is 3.77. The minimum Gasteiger partial charge on any atom is -0.328 e. The SMILES string of the molecule is CCc1cccnc1CN1CCC(N)CC1C. The number of likely N-dealkylation sites (tertiary alicyclic amines) is 1. The molecule has 1 aromatic rings. The fourth-order valence-electron chi connectivity index (χ4n) is 2.62. The number of nitrogens with zero attached hydrogens (tertiary/aromatic N) is 2. The van der Waals surface area contributed by atoms with Gasteiger partial charge in [0.05, 0.1) is 5.69 Å². The van der Waals surface area contributed by atoms with Crippen molar-refractivity contribution >= 4 is 0 Å². The summed E-state index contributed by atoms with van der Waals surface area (Å²) in [5.41, 5.74) is 8.60. The summed E-state index contributed by atoms with van der Waals surface area (Å²) in [5, 5.41) is 0. The van der Waals surface area contributed by atoms with Crippen LogP contribution < -0.4 is 5.73 Å². The summed E-state index contributed by atoms with van der Waals surface area (Å²) in [6.45, 7) is 6.53. The normalized spacial score (nSPS) is 26.1. The average molecular weight is 233 g/mol. The van der Waals surface area contributed by atoms with Crippen molar-refractivity contribution in [1.82, 2.24) is 9.88 Å². The molecule has 3 nitrogen and oxygen atoms in total.